The monoisotopic (exact) mass is 476 g/mol. The SMILES string of the molecule is CNC(=O)c1cc2c(cn1)CN(C1=NOC(c3cc(Cl)c(F)c(Cl)c3)(C(F)(F)F)C1)C2. The fourth-order valence-corrected chi connectivity index (χ4v) is 4.05. The summed E-state index contributed by atoms with van der Waals surface area (Å²) in [5, 5.41) is 5.06. The van der Waals surface area contributed by atoms with Gasteiger partial charge < -0.3 is 15.1 Å². The van der Waals surface area contributed by atoms with E-state index in [1.165, 1.54) is 13.2 Å². The van der Waals surface area contributed by atoms with E-state index in [9.17, 15) is 22.4 Å². The molecule has 164 valence electrons. The zero-order valence-electron chi connectivity index (χ0n) is 15.9. The first kappa shape index (κ1) is 21.6. The second-order valence-corrected chi connectivity index (χ2v) is 7.94. The maximum absolute atomic E-state index is 14.1. The Labute approximate surface area is 183 Å². The maximum Gasteiger partial charge on any atom is 0.435 e. The molecule has 0 spiro atoms. The van der Waals surface area contributed by atoms with Crippen LogP contribution >= 0.6 is 23.2 Å². The van der Waals surface area contributed by atoms with Gasteiger partial charge in [0, 0.05) is 31.9 Å². The standard InChI is InChI=1S/C19H14Cl2F4N4O2/c1-26-17(30)14-2-9-7-29(8-10(9)6-27-14)15-5-18(31-28-15,19(23,24)25)11-3-12(20)16(22)13(21)4-11/h2-4,6H,5,7-8H2,1H3,(H,26,30). The lowest BCUT2D eigenvalue weighted by atomic mass is 9.89. The predicted octanol–water partition coefficient (Wildman–Crippen LogP) is 4.39. The number of fused-ring (bicyclic) bond motifs is 1. The Morgan fingerprint density at radius 3 is 2.45 bits per heavy atom. The number of nitrogens with one attached hydrogen (secondary N) is 1. The van der Waals surface area contributed by atoms with Crippen molar-refractivity contribution in [1.82, 2.24) is 15.2 Å². The fourth-order valence-electron chi connectivity index (χ4n) is 3.56. The third-order valence-corrected chi connectivity index (χ3v) is 5.80. The molecule has 6 nitrogen and oxygen atoms in total. The van der Waals surface area contributed by atoms with Crippen molar-refractivity contribution in [2.45, 2.75) is 31.3 Å². The van der Waals surface area contributed by atoms with Gasteiger partial charge in [-0.3, -0.25) is 9.78 Å². The van der Waals surface area contributed by atoms with Gasteiger partial charge in [0.15, 0.2) is 5.82 Å². The molecule has 0 bridgehead atoms. The van der Waals surface area contributed by atoms with Crippen molar-refractivity contribution in [3.8, 4) is 0 Å². The van der Waals surface area contributed by atoms with Gasteiger partial charge in [-0.1, -0.05) is 28.4 Å². The van der Waals surface area contributed by atoms with E-state index in [-0.39, 0.29) is 30.5 Å². The molecule has 0 saturated heterocycles. The van der Waals surface area contributed by atoms with E-state index in [0.717, 1.165) is 23.3 Å². The molecule has 1 aromatic carbocycles. The van der Waals surface area contributed by atoms with Crippen molar-refractivity contribution in [2.24, 2.45) is 5.16 Å². The second-order valence-electron chi connectivity index (χ2n) is 7.13. The van der Waals surface area contributed by atoms with Crippen LogP contribution in [0.15, 0.2) is 29.6 Å². The summed E-state index contributed by atoms with van der Waals surface area (Å²) in [5.74, 6) is -1.34. The Kier molecular flexibility index (Phi) is 5.25. The van der Waals surface area contributed by atoms with Gasteiger partial charge in [-0.2, -0.15) is 13.2 Å². The number of carbonyl (C=O) groups excluding carboxylic acids is 1. The van der Waals surface area contributed by atoms with Gasteiger partial charge in [0.2, 0.25) is 0 Å². The molecule has 1 unspecified atom stereocenters. The molecule has 0 radical (unpaired) electrons. The van der Waals surface area contributed by atoms with Crippen LogP contribution in [-0.2, 0) is 23.5 Å². The summed E-state index contributed by atoms with van der Waals surface area (Å²) in [6.07, 6.45) is -4.03. The fraction of sp³-hybridized carbons (Fsp3) is 0.316. The first-order chi connectivity index (χ1) is 14.6. The number of hydrogen-bond donors (Lipinski definition) is 1. The Morgan fingerprint density at radius 1 is 1.19 bits per heavy atom. The van der Waals surface area contributed by atoms with Crippen molar-refractivity contribution >= 4 is 34.9 Å². The van der Waals surface area contributed by atoms with Crippen LogP contribution in [0.2, 0.25) is 10.0 Å². The molecule has 0 aliphatic carbocycles. The van der Waals surface area contributed by atoms with Crippen molar-refractivity contribution in [2.75, 3.05) is 7.05 Å². The van der Waals surface area contributed by atoms with Crippen LogP contribution in [0.5, 0.6) is 0 Å². The predicted molar refractivity (Wildman–Crippen MR) is 104 cm³/mol. The summed E-state index contributed by atoms with van der Waals surface area (Å²) in [6, 6.07) is 3.26. The van der Waals surface area contributed by atoms with Gasteiger partial charge in [-0.05, 0) is 29.3 Å². The summed E-state index contributed by atoms with van der Waals surface area (Å²) in [5.41, 5.74) is -1.60. The molecule has 2 aliphatic heterocycles. The molecule has 0 fully saturated rings. The molecule has 3 heterocycles. The molecule has 1 atom stereocenters. The van der Waals surface area contributed by atoms with Gasteiger partial charge in [0.1, 0.15) is 11.5 Å². The van der Waals surface area contributed by atoms with Gasteiger partial charge >= 0.3 is 6.18 Å². The van der Waals surface area contributed by atoms with E-state index in [2.05, 4.69) is 15.5 Å². The van der Waals surface area contributed by atoms with Crippen LogP contribution in [0.4, 0.5) is 17.6 Å². The summed E-state index contributed by atoms with van der Waals surface area (Å²) < 4.78 is 56.1. The summed E-state index contributed by atoms with van der Waals surface area (Å²) in [7, 11) is 1.47. The number of pyridine rings is 1. The smallest absolute Gasteiger partial charge is 0.372 e. The molecule has 2 aliphatic rings. The molecule has 1 amide bonds. The number of nitrogens with zero attached hydrogens (tertiary/aromatic N) is 3. The van der Waals surface area contributed by atoms with Gasteiger partial charge in [-0.25, -0.2) is 4.39 Å². The normalized spacial score (nSPS) is 20.4. The molecule has 12 heteroatoms. The Balaban J connectivity index is 1.62. The molecule has 1 aromatic heterocycles. The highest BCUT2D eigenvalue weighted by molar-refractivity contribution is 6.35. The number of amidine groups is 1. The van der Waals surface area contributed by atoms with Gasteiger partial charge in [0.25, 0.3) is 11.5 Å². The lowest BCUT2D eigenvalue weighted by Gasteiger charge is -2.30. The highest BCUT2D eigenvalue weighted by Gasteiger charge is 2.63. The summed E-state index contributed by atoms with van der Waals surface area (Å²) in [6.45, 7) is 0.473. The Bertz CT molecular complexity index is 1090. The van der Waals surface area contributed by atoms with Crippen LogP contribution in [0, 0.1) is 5.82 Å². The second kappa shape index (κ2) is 7.52. The van der Waals surface area contributed by atoms with Crippen molar-refractivity contribution in [1.29, 1.82) is 0 Å². The minimum atomic E-state index is -4.89. The highest BCUT2D eigenvalue weighted by Crippen LogP contribution is 2.50. The highest BCUT2D eigenvalue weighted by atomic mass is 35.5. The Hall–Kier alpha value is -2.59. The van der Waals surface area contributed by atoms with E-state index in [0.29, 0.717) is 0 Å². The number of aromatic nitrogens is 1. The number of oxime groups is 1. The average Bonchev–Trinajstić information content (AvgIpc) is 3.35. The van der Waals surface area contributed by atoms with E-state index in [1.807, 2.05) is 0 Å². The minimum Gasteiger partial charge on any atom is -0.372 e. The number of carbonyl (C=O) groups is 1. The van der Waals surface area contributed by atoms with Gasteiger partial charge in [-0.15, -0.1) is 0 Å². The molecular weight excluding hydrogens is 463 g/mol. The van der Waals surface area contributed by atoms with E-state index < -0.39 is 39.6 Å². The zero-order valence-corrected chi connectivity index (χ0v) is 17.4. The largest absolute Gasteiger partial charge is 0.435 e. The van der Waals surface area contributed by atoms with Crippen LogP contribution < -0.4 is 5.32 Å². The van der Waals surface area contributed by atoms with Crippen molar-refractivity contribution in [3.63, 3.8) is 0 Å². The third-order valence-electron chi connectivity index (χ3n) is 5.25. The number of halogens is 6. The summed E-state index contributed by atoms with van der Waals surface area (Å²) >= 11 is 11.4. The quantitative estimate of drug-likeness (QED) is 0.515. The van der Waals surface area contributed by atoms with Crippen LogP contribution in [-0.4, -0.2) is 34.9 Å². The first-order valence-electron chi connectivity index (χ1n) is 8.97. The number of benzene rings is 1. The number of hydrogen-bond acceptors (Lipinski definition) is 5. The summed E-state index contributed by atoms with van der Waals surface area (Å²) in [4.78, 5) is 22.4. The van der Waals surface area contributed by atoms with Crippen LogP contribution in [0.1, 0.15) is 33.6 Å². The molecule has 1 N–H and O–H groups in total. The van der Waals surface area contributed by atoms with E-state index >= 15 is 0 Å². The first-order valence-corrected chi connectivity index (χ1v) is 9.73. The molecule has 2 aromatic rings. The van der Waals surface area contributed by atoms with E-state index in [1.54, 1.807) is 11.0 Å². The number of alkyl halides is 3. The van der Waals surface area contributed by atoms with Crippen LogP contribution in [0.3, 0.4) is 0 Å². The topological polar surface area (TPSA) is 66.8 Å². The average molecular weight is 477 g/mol. The molecular formula is C19H14Cl2F4N4O2. The molecule has 4 rings (SSSR count). The van der Waals surface area contributed by atoms with Crippen LogP contribution in [0.25, 0.3) is 0 Å². The van der Waals surface area contributed by atoms with Gasteiger partial charge in [0.05, 0.1) is 16.5 Å². The van der Waals surface area contributed by atoms with E-state index in [4.69, 9.17) is 28.0 Å². The molecule has 31 heavy (non-hydrogen) atoms. The minimum absolute atomic E-state index is 0.0478. The Morgan fingerprint density at radius 2 is 1.84 bits per heavy atom. The molecule has 0 saturated carbocycles. The van der Waals surface area contributed by atoms with Crippen molar-refractivity contribution in [3.05, 3.63) is 62.6 Å². The number of amides is 1. The lowest BCUT2D eigenvalue weighted by Crippen LogP contribution is -2.44. The number of rotatable bonds is 2. The third kappa shape index (κ3) is 3.57. The van der Waals surface area contributed by atoms with Crippen molar-refractivity contribution < 1.29 is 27.2 Å². The zero-order chi connectivity index (χ0) is 22.6. The lowest BCUT2D eigenvalue weighted by molar-refractivity contribution is -0.275. The maximum atomic E-state index is 14.1.